The first kappa shape index (κ1) is 12.7. The van der Waals surface area contributed by atoms with Gasteiger partial charge in [-0.25, -0.2) is 4.79 Å². The summed E-state index contributed by atoms with van der Waals surface area (Å²) in [7, 11) is 0. The number of aryl methyl sites for hydroxylation is 1. The molecule has 0 aliphatic heterocycles. The van der Waals surface area contributed by atoms with Gasteiger partial charge in [0.1, 0.15) is 0 Å². The van der Waals surface area contributed by atoms with Gasteiger partial charge >= 0.3 is 5.97 Å². The minimum absolute atomic E-state index is 0.276. The molecule has 0 unspecified atom stereocenters. The topological polar surface area (TPSA) is 39.2 Å². The van der Waals surface area contributed by atoms with E-state index < -0.39 is 0 Å². The maximum Gasteiger partial charge on any atom is 0.339 e. The van der Waals surface area contributed by atoms with Gasteiger partial charge in [-0.2, -0.15) is 0 Å². The zero-order valence-corrected chi connectivity index (χ0v) is 10.4. The van der Waals surface area contributed by atoms with Crippen molar-refractivity contribution in [3.8, 4) is 0 Å². The number of pyridine rings is 1. The summed E-state index contributed by atoms with van der Waals surface area (Å²) in [5.41, 5.74) is 2.43. The molecular formula is C13H19NO2. The van der Waals surface area contributed by atoms with Crippen molar-refractivity contribution in [2.75, 3.05) is 6.61 Å². The Bertz CT molecular complexity index is 372. The Morgan fingerprint density at radius 2 is 2.06 bits per heavy atom. The number of carbonyl (C=O) groups is 1. The van der Waals surface area contributed by atoms with Crippen molar-refractivity contribution < 1.29 is 9.53 Å². The van der Waals surface area contributed by atoms with Crippen molar-refractivity contribution in [1.82, 2.24) is 4.98 Å². The van der Waals surface area contributed by atoms with Crippen molar-refractivity contribution in [3.05, 3.63) is 29.1 Å². The molecule has 1 rings (SSSR count). The molecule has 0 saturated carbocycles. The second-order valence-corrected chi connectivity index (χ2v) is 3.96. The summed E-state index contributed by atoms with van der Waals surface area (Å²) in [6, 6.07) is 3.72. The number of rotatable bonds is 4. The molecule has 1 aromatic rings. The Kier molecular flexibility index (Phi) is 4.47. The van der Waals surface area contributed by atoms with Crippen LogP contribution in [0.15, 0.2) is 12.1 Å². The number of hydrogen-bond donors (Lipinski definition) is 0. The van der Waals surface area contributed by atoms with Crippen LogP contribution >= 0.6 is 0 Å². The van der Waals surface area contributed by atoms with Crippen molar-refractivity contribution in [2.24, 2.45) is 0 Å². The van der Waals surface area contributed by atoms with Gasteiger partial charge in [-0.05, 0) is 31.4 Å². The average Bonchev–Trinajstić information content (AvgIpc) is 2.28. The fraction of sp³-hybridized carbons (Fsp3) is 0.538. The van der Waals surface area contributed by atoms with Gasteiger partial charge in [0.25, 0.3) is 0 Å². The Labute approximate surface area is 96.8 Å². The molecule has 16 heavy (non-hydrogen) atoms. The molecule has 0 N–H and O–H groups in total. The highest BCUT2D eigenvalue weighted by Crippen LogP contribution is 2.16. The number of esters is 1. The Morgan fingerprint density at radius 1 is 1.38 bits per heavy atom. The molecule has 3 heteroatoms. The lowest BCUT2D eigenvalue weighted by Gasteiger charge is -2.10. The van der Waals surface area contributed by atoms with Crippen molar-refractivity contribution in [1.29, 1.82) is 0 Å². The monoisotopic (exact) mass is 221 g/mol. The third-order valence-electron chi connectivity index (χ3n) is 2.42. The number of aromatic nitrogens is 1. The van der Waals surface area contributed by atoms with Crippen LogP contribution in [0.5, 0.6) is 0 Å². The predicted molar refractivity (Wildman–Crippen MR) is 63.7 cm³/mol. The van der Waals surface area contributed by atoms with E-state index in [9.17, 15) is 4.79 Å². The maximum atomic E-state index is 11.6. The van der Waals surface area contributed by atoms with Gasteiger partial charge in [-0.15, -0.1) is 0 Å². The van der Waals surface area contributed by atoms with Crippen LogP contribution in [0.2, 0.25) is 0 Å². The highest BCUT2D eigenvalue weighted by atomic mass is 16.5. The lowest BCUT2D eigenvalue weighted by Crippen LogP contribution is -2.10. The van der Waals surface area contributed by atoms with Gasteiger partial charge in [0.05, 0.1) is 17.9 Å². The molecule has 88 valence electrons. The molecule has 0 atom stereocenters. The highest BCUT2D eigenvalue weighted by molar-refractivity contribution is 5.90. The highest BCUT2D eigenvalue weighted by Gasteiger charge is 2.14. The zero-order chi connectivity index (χ0) is 12.1. The van der Waals surface area contributed by atoms with E-state index in [1.165, 1.54) is 0 Å². The molecule has 0 bridgehead atoms. The first-order valence-corrected chi connectivity index (χ1v) is 5.77. The largest absolute Gasteiger partial charge is 0.462 e. The Hall–Kier alpha value is -1.38. The van der Waals surface area contributed by atoms with Crippen molar-refractivity contribution in [3.63, 3.8) is 0 Å². The summed E-state index contributed by atoms with van der Waals surface area (Å²) >= 11 is 0. The number of nitrogens with zero attached hydrogens (tertiary/aromatic N) is 1. The zero-order valence-electron chi connectivity index (χ0n) is 10.4. The van der Waals surface area contributed by atoms with Crippen LogP contribution in [0.25, 0.3) is 0 Å². The van der Waals surface area contributed by atoms with E-state index in [0.29, 0.717) is 18.1 Å². The predicted octanol–water partition coefficient (Wildman–Crippen LogP) is 2.94. The fourth-order valence-electron chi connectivity index (χ4n) is 1.50. The van der Waals surface area contributed by atoms with E-state index >= 15 is 0 Å². The number of hydrogen-bond acceptors (Lipinski definition) is 3. The minimum Gasteiger partial charge on any atom is -0.462 e. The van der Waals surface area contributed by atoms with E-state index in [-0.39, 0.29) is 5.97 Å². The van der Waals surface area contributed by atoms with E-state index in [1.807, 2.05) is 19.1 Å². The fourth-order valence-corrected chi connectivity index (χ4v) is 1.50. The van der Waals surface area contributed by atoms with Crippen LogP contribution in [0.3, 0.4) is 0 Å². The molecule has 0 fully saturated rings. The number of carbonyl (C=O) groups excluding carboxylic acids is 1. The van der Waals surface area contributed by atoms with Gasteiger partial charge in [0, 0.05) is 5.69 Å². The van der Waals surface area contributed by atoms with Crippen molar-refractivity contribution in [2.45, 2.75) is 40.0 Å². The lowest BCUT2D eigenvalue weighted by atomic mass is 10.1. The van der Waals surface area contributed by atoms with Crippen LogP contribution < -0.4 is 0 Å². The standard InChI is InChI=1S/C13H19NO2/c1-5-11-10(13(15)16-6-2)7-8-12(14-11)9(3)4/h7-9H,5-6H2,1-4H3. The summed E-state index contributed by atoms with van der Waals surface area (Å²) in [5, 5.41) is 0. The second kappa shape index (κ2) is 5.64. The van der Waals surface area contributed by atoms with Crippen LogP contribution in [0.1, 0.15) is 55.4 Å². The third-order valence-corrected chi connectivity index (χ3v) is 2.42. The summed E-state index contributed by atoms with van der Waals surface area (Å²) in [5.74, 6) is 0.101. The number of ether oxygens (including phenoxy) is 1. The molecule has 0 saturated heterocycles. The molecule has 1 heterocycles. The van der Waals surface area contributed by atoms with Gasteiger partial charge < -0.3 is 4.74 Å². The lowest BCUT2D eigenvalue weighted by molar-refractivity contribution is 0.0524. The molecule has 0 aliphatic rings. The van der Waals surface area contributed by atoms with E-state index in [4.69, 9.17) is 4.74 Å². The van der Waals surface area contributed by atoms with E-state index in [1.54, 1.807) is 6.92 Å². The normalized spacial score (nSPS) is 10.6. The molecule has 0 amide bonds. The molecule has 1 aromatic heterocycles. The van der Waals surface area contributed by atoms with Crippen LogP contribution in [0, 0.1) is 0 Å². The average molecular weight is 221 g/mol. The molecule has 0 aliphatic carbocycles. The Morgan fingerprint density at radius 3 is 2.56 bits per heavy atom. The summed E-state index contributed by atoms with van der Waals surface area (Å²) in [6.45, 7) is 8.38. The minimum atomic E-state index is -0.276. The van der Waals surface area contributed by atoms with Gasteiger partial charge in [0.2, 0.25) is 0 Å². The second-order valence-electron chi connectivity index (χ2n) is 3.96. The maximum absolute atomic E-state index is 11.6. The van der Waals surface area contributed by atoms with Crippen molar-refractivity contribution >= 4 is 5.97 Å². The van der Waals surface area contributed by atoms with E-state index in [2.05, 4.69) is 18.8 Å². The third kappa shape index (κ3) is 2.81. The summed E-state index contributed by atoms with van der Waals surface area (Å²) in [4.78, 5) is 16.1. The van der Waals surface area contributed by atoms with E-state index in [0.717, 1.165) is 17.8 Å². The van der Waals surface area contributed by atoms with Gasteiger partial charge in [0.15, 0.2) is 0 Å². The molecule has 3 nitrogen and oxygen atoms in total. The van der Waals surface area contributed by atoms with Crippen LogP contribution in [0.4, 0.5) is 0 Å². The molecule has 0 radical (unpaired) electrons. The quantitative estimate of drug-likeness (QED) is 0.734. The summed E-state index contributed by atoms with van der Waals surface area (Å²) < 4.78 is 4.99. The Balaban J connectivity index is 3.06. The molecule has 0 spiro atoms. The molecular weight excluding hydrogens is 202 g/mol. The first-order chi connectivity index (χ1) is 7.60. The SMILES string of the molecule is CCOC(=O)c1ccc(C(C)C)nc1CC. The van der Waals surface area contributed by atoms with Gasteiger partial charge in [-0.1, -0.05) is 20.8 Å². The first-order valence-electron chi connectivity index (χ1n) is 5.77. The van der Waals surface area contributed by atoms with Gasteiger partial charge in [-0.3, -0.25) is 4.98 Å². The van der Waals surface area contributed by atoms with Crippen LogP contribution in [-0.4, -0.2) is 17.6 Å². The molecule has 0 aromatic carbocycles. The summed E-state index contributed by atoms with van der Waals surface area (Å²) in [6.07, 6.45) is 0.745. The smallest absolute Gasteiger partial charge is 0.339 e. The van der Waals surface area contributed by atoms with Crippen LogP contribution in [-0.2, 0) is 11.2 Å².